The van der Waals surface area contributed by atoms with Crippen LogP contribution >= 0.6 is 0 Å². The molecule has 208 valence electrons. The smallest absolute Gasteiger partial charge is 0.0464 e. The normalized spacial score (nSPS) is 11.8. The van der Waals surface area contributed by atoms with E-state index >= 15 is 0 Å². The van der Waals surface area contributed by atoms with Crippen molar-refractivity contribution < 1.29 is 0 Å². The number of anilines is 5. The zero-order valence-corrected chi connectivity index (χ0v) is 25.3. The third kappa shape index (κ3) is 6.72. The van der Waals surface area contributed by atoms with E-state index in [9.17, 15) is 0 Å². The zero-order valence-electron chi connectivity index (χ0n) is 25.3. The van der Waals surface area contributed by atoms with E-state index in [1.807, 2.05) is 0 Å². The van der Waals surface area contributed by atoms with Gasteiger partial charge in [-0.05, 0) is 110 Å². The van der Waals surface area contributed by atoms with Crippen molar-refractivity contribution in [2.45, 2.75) is 58.9 Å². The maximum atomic E-state index is 2.40. The Kier molecular flexibility index (Phi) is 8.03. The minimum Gasteiger partial charge on any atom is -0.336 e. The Morgan fingerprint density at radius 3 is 1.39 bits per heavy atom. The number of para-hydroxylation sites is 2. The van der Waals surface area contributed by atoms with Gasteiger partial charge >= 0.3 is 0 Å². The van der Waals surface area contributed by atoms with Gasteiger partial charge in [0.2, 0.25) is 0 Å². The number of hydrogen-bond donors (Lipinski definition) is 0. The topological polar surface area (TPSA) is 6.48 Å². The second-order valence-electron chi connectivity index (χ2n) is 12.8. The van der Waals surface area contributed by atoms with E-state index < -0.39 is 0 Å². The summed E-state index contributed by atoms with van der Waals surface area (Å²) in [7, 11) is 0. The fourth-order valence-electron chi connectivity index (χ4n) is 5.40. The second kappa shape index (κ2) is 11.7. The van der Waals surface area contributed by atoms with Gasteiger partial charge in [0.1, 0.15) is 0 Å². The quantitative estimate of drug-likeness (QED) is 0.203. The molecule has 0 aliphatic rings. The molecule has 0 fully saturated rings. The fraction of sp³-hybridized carbons (Fsp3) is 0.231. The molecule has 0 aliphatic carbocycles. The fourth-order valence-corrected chi connectivity index (χ4v) is 5.40. The molecule has 5 aromatic carbocycles. The lowest BCUT2D eigenvalue weighted by Gasteiger charge is -2.38. The maximum Gasteiger partial charge on any atom is 0.0464 e. The van der Waals surface area contributed by atoms with Crippen LogP contribution in [0.3, 0.4) is 0 Å². The predicted octanol–water partition coefficient (Wildman–Crippen LogP) is 11.0. The highest BCUT2D eigenvalue weighted by atomic mass is 15.2. The van der Waals surface area contributed by atoms with Gasteiger partial charge in [-0.3, -0.25) is 0 Å². The highest BCUT2D eigenvalue weighted by molar-refractivity contribution is 5.77. The molecule has 0 aromatic heterocycles. The van der Waals surface area contributed by atoms with Gasteiger partial charge in [-0.25, -0.2) is 0 Å². The van der Waals surface area contributed by atoms with Crippen LogP contribution in [0, 0.1) is 0 Å². The molecule has 0 radical (unpaired) electrons. The van der Waals surface area contributed by atoms with Crippen LogP contribution in [0.1, 0.15) is 58.2 Å². The Bertz CT molecular complexity index is 1540. The average Bonchev–Trinajstić information content (AvgIpc) is 2.95. The van der Waals surface area contributed by atoms with E-state index in [0.717, 1.165) is 17.8 Å². The Balaban J connectivity index is 1.39. The van der Waals surface area contributed by atoms with Gasteiger partial charge in [0.15, 0.2) is 0 Å². The van der Waals surface area contributed by atoms with Crippen molar-refractivity contribution in [3.05, 3.63) is 150 Å². The lowest BCUT2D eigenvalue weighted by molar-refractivity contribution is 0.560. The number of rotatable bonds is 7. The highest BCUT2D eigenvalue weighted by Crippen LogP contribution is 2.37. The summed E-state index contributed by atoms with van der Waals surface area (Å²) in [5.41, 5.74) is 9.89. The molecule has 0 amide bonds. The van der Waals surface area contributed by atoms with Gasteiger partial charge in [-0.2, -0.15) is 0 Å². The van der Waals surface area contributed by atoms with E-state index in [1.165, 1.54) is 33.8 Å². The molecule has 2 nitrogen and oxygen atoms in total. The molecule has 5 rings (SSSR count). The first-order valence-electron chi connectivity index (χ1n) is 14.6. The van der Waals surface area contributed by atoms with Crippen molar-refractivity contribution in [2.24, 2.45) is 0 Å². The summed E-state index contributed by atoms with van der Waals surface area (Å²) >= 11 is 0. The maximum absolute atomic E-state index is 2.40. The molecule has 0 bridgehead atoms. The van der Waals surface area contributed by atoms with Crippen LogP contribution in [0.5, 0.6) is 0 Å². The molecule has 0 saturated heterocycles. The largest absolute Gasteiger partial charge is 0.336 e. The number of hydrogen-bond acceptors (Lipinski definition) is 2. The zero-order chi connectivity index (χ0) is 29.0. The SMILES string of the molecule is CC(C)(C)c1cccc(N(c2ccccc2)c2ccc(Cc3ccc(N(c4ccccc4)C(C)(C)C)cc3)cc2)c1. The monoisotopic (exact) mass is 538 g/mol. The lowest BCUT2D eigenvalue weighted by atomic mass is 9.87. The van der Waals surface area contributed by atoms with Crippen molar-refractivity contribution in [1.82, 2.24) is 0 Å². The highest BCUT2D eigenvalue weighted by Gasteiger charge is 2.23. The standard InChI is InChI=1S/C39H42N2/c1-38(2,3)32-14-13-19-37(29-32)40(33-15-9-7-10-16-33)34-24-20-30(21-25-34)28-31-22-26-36(27-23-31)41(39(4,5)6)35-17-11-8-12-18-35/h7-27,29H,28H2,1-6H3. The molecular weight excluding hydrogens is 496 g/mol. The summed E-state index contributed by atoms with van der Waals surface area (Å²) < 4.78 is 0. The van der Waals surface area contributed by atoms with Gasteiger partial charge in [-0.15, -0.1) is 0 Å². The molecule has 0 aliphatic heterocycles. The van der Waals surface area contributed by atoms with Crippen LogP contribution in [0.15, 0.2) is 133 Å². The molecule has 0 spiro atoms. The van der Waals surface area contributed by atoms with Gasteiger partial charge in [0.05, 0.1) is 0 Å². The molecule has 0 N–H and O–H groups in total. The first-order valence-corrected chi connectivity index (χ1v) is 14.6. The van der Waals surface area contributed by atoms with Gasteiger partial charge < -0.3 is 9.80 Å². The minimum atomic E-state index is -0.0320. The van der Waals surface area contributed by atoms with E-state index in [2.05, 4.69) is 185 Å². The molecule has 0 unspecified atom stereocenters. The average molecular weight is 539 g/mol. The summed E-state index contributed by atoms with van der Waals surface area (Å²) in [5.74, 6) is 0. The van der Waals surface area contributed by atoms with Gasteiger partial charge in [0.25, 0.3) is 0 Å². The molecule has 0 heterocycles. The lowest BCUT2D eigenvalue weighted by Crippen LogP contribution is -2.37. The second-order valence-corrected chi connectivity index (χ2v) is 12.8. The summed E-state index contributed by atoms with van der Waals surface area (Å²) in [5, 5.41) is 0. The number of nitrogens with zero attached hydrogens (tertiary/aromatic N) is 2. The summed E-state index contributed by atoms with van der Waals surface area (Å²) in [6.07, 6.45) is 0.895. The first kappa shape index (κ1) is 28.2. The summed E-state index contributed by atoms with van der Waals surface area (Å²) in [6, 6.07) is 48.2. The summed E-state index contributed by atoms with van der Waals surface area (Å²) in [6.45, 7) is 13.6. The predicted molar refractivity (Wildman–Crippen MR) is 177 cm³/mol. The van der Waals surface area contributed by atoms with E-state index in [0.29, 0.717) is 0 Å². The Morgan fingerprint density at radius 2 is 0.878 bits per heavy atom. The van der Waals surface area contributed by atoms with Crippen molar-refractivity contribution >= 4 is 28.4 Å². The Hall–Kier alpha value is -4.30. The van der Waals surface area contributed by atoms with Crippen LogP contribution in [-0.4, -0.2) is 5.54 Å². The Morgan fingerprint density at radius 1 is 0.439 bits per heavy atom. The third-order valence-corrected chi connectivity index (χ3v) is 7.47. The van der Waals surface area contributed by atoms with E-state index in [1.54, 1.807) is 0 Å². The Labute approximate surface area is 246 Å². The van der Waals surface area contributed by atoms with Crippen LogP contribution in [0.4, 0.5) is 28.4 Å². The third-order valence-electron chi connectivity index (χ3n) is 7.47. The molecule has 5 aromatic rings. The molecule has 41 heavy (non-hydrogen) atoms. The summed E-state index contributed by atoms with van der Waals surface area (Å²) in [4.78, 5) is 4.75. The van der Waals surface area contributed by atoms with E-state index in [4.69, 9.17) is 0 Å². The van der Waals surface area contributed by atoms with Crippen molar-refractivity contribution in [1.29, 1.82) is 0 Å². The van der Waals surface area contributed by atoms with Crippen molar-refractivity contribution in [3.8, 4) is 0 Å². The van der Waals surface area contributed by atoms with E-state index in [-0.39, 0.29) is 11.0 Å². The van der Waals surface area contributed by atoms with Crippen LogP contribution in [0.25, 0.3) is 0 Å². The molecule has 0 atom stereocenters. The number of benzene rings is 5. The minimum absolute atomic E-state index is 0.0320. The molecular formula is C39H42N2. The van der Waals surface area contributed by atoms with Crippen molar-refractivity contribution in [3.63, 3.8) is 0 Å². The van der Waals surface area contributed by atoms with Crippen LogP contribution in [0.2, 0.25) is 0 Å². The first-order chi connectivity index (χ1) is 19.6. The van der Waals surface area contributed by atoms with Crippen molar-refractivity contribution in [2.75, 3.05) is 9.80 Å². The van der Waals surface area contributed by atoms with Crippen LogP contribution in [-0.2, 0) is 11.8 Å². The molecule has 2 heteroatoms. The molecule has 0 saturated carbocycles. The van der Waals surface area contributed by atoms with Gasteiger partial charge in [0, 0.05) is 34.0 Å². The van der Waals surface area contributed by atoms with Gasteiger partial charge in [-0.1, -0.05) is 93.6 Å². The van der Waals surface area contributed by atoms with Crippen LogP contribution < -0.4 is 9.80 Å².